The average molecular weight is 235 g/mol. The highest BCUT2D eigenvalue weighted by molar-refractivity contribution is 5.36. The number of fused-ring (bicyclic) bond motifs is 1. The second kappa shape index (κ2) is 4.61. The fourth-order valence-electron chi connectivity index (χ4n) is 3.04. The summed E-state index contributed by atoms with van der Waals surface area (Å²) in [6, 6.07) is 4.16. The Hall–Kier alpha value is -1.16. The molecule has 2 aliphatic heterocycles. The highest BCUT2D eigenvalue weighted by atomic mass is 19.1. The van der Waals surface area contributed by atoms with Crippen molar-refractivity contribution in [2.24, 2.45) is 0 Å². The van der Waals surface area contributed by atoms with Crippen molar-refractivity contribution in [2.75, 3.05) is 18.4 Å². The lowest BCUT2D eigenvalue weighted by Gasteiger charge is -2.35. The molecule has 0 saturated carbocycles. The summed E-state index contributed by atoms with van der Waals surface area (Å²) in [6.07, 6.45) is 6.46. The summed E-state index contributed by atoms with van der Waals surface area (Å²) in [5.41, 5.74) is 0. The highest BCUT2D eigenvalue weighted by Crippen LogP contribution is 2.28. The number of hydrogen-bond donors (Lipinski definition) is 1. The van der Waals surface area contributed by atoms with Crippen molar-refractivity contribution < 1.29 is 4.39 Å². The summed E-state index contributed by atoms with van der Waals surface area (Å²) in [6.45, 7) is 2.38. The summed E-state index contributed by atoms with van der Waals surface area (Å²) >= 11 is 0. The van der Waals surface area contributed by atoms with Gasteiger partial charge in [-0.3, -0.25) is 0 Å². The molecule has 2 fully saturated rings. The molecular weight excluding hydrogens is 217 g/mol. The van der Waals surface area contributed by atoms with Crippen molar-refractivity contribution in [3.8, 4) is 0 Å². The van der Waals surface area contributed by atoms with Crippen molar-refractivity contribution in [3.05, 3.63) is 24.1 Å². The lowest BCUT2D eigenvalue weighted by molar-refractivity contribution is 0.188. The van der Waals surface area contributed by atoms with Crippen molar-refractivity contribution in [1.29, 1.82) is 0 Å². The number of nitrogens with zero attached hydrogens (tertiary/aromatic N) is 2. The highest BCUT2D eigenvalue weighted by Gasteiger charge is 2.31. The van der Waals surface area contributed by atoms with Crippen molar-refractivity contribution in [1.82, 2.24) is 9.88 Å². The number of aromatic nitrogens is 1. The van der Waals surface area contributed by atoms with Gasteiger partial charge in [-0.05, 0) is 44.4 Å². The molecule has 0 bridgehead atoms. The molecule has 2 saturated heterocycles. The van der Waals surface area contributed by atoms with E-state index in [-0.39, 0.29) is 5.82 Å². The van der Waals surface area contributed by atoms with Gasteiger partial charge in [0.2, 0.25) is 0 Å². The van der Waals surface area contributed by atoms with Gasteiger partial charge in [-0.15, -0.1) is 0 Å². The molecule has 1 N–H and O–H groups in total. The van der Waals surface area contributed by atoms with E-state index in [1.807, 2.05) is 0 Å². The monoisotopic (exact) mass is 235 g/mol. The molecule has 0 amide bonds. The smallest absolute Gasteiger partial charge is 0.165 e. The van der Waals surface area contributed by atoms with E-state index in [9.17, 15) is 4.39 Å². The molecule has 2 atom stereocenters. The third-order valence-electron chi connectivity index (χ3n) is 3.92. The van der Waals surface area contributed by atoms with E-state index in [4.69, 9.17) is 0 Å². The lowest BCUT2D eigenvalue weighted by Crippen LogP contribution is -2.42. The van der Waals surface area contributed by atoms with Crippen LogP contribution in [0.3, 0.4) is 0 Å². The fourth-order valence-corrected chi connectivity index (χ4v) is 3.04. The van der Waals surface area contributed by atoms with Crippen molar-refractivity contribution >= 4 is 5.82 Å². The SMILES string of the molecule is Fc1cccnc1N[C@H]1CCN2CCC[C@H]2C1. The second-order valence-electron chi connectivity index (χ2n) is 5.03. The zero-order chi connectivity index (χ0) is 11.7. The summed E-state index contributed by atoms with van der Waals surface area (Å²) in [5, 5.41) is 3.25. The van der Waals surface area contributed by atoms with Crippen LogP contribution in [-0.2, 0) is 0 Å². The first kappa shape index (κ1) is 11.0. The zero-order valence-corrected chi connectivity index (χ0v) is 9.90. The molecule has 2 aliphatic rings. The van der Waals surface area contributed by atoms with Gasteiger partial charge in [-0.2, -0.15) is 0 Å². The molecule has 1 aromatic heterocycles. The Kier molecular flexibility index (Phi) is 2.97. The molecule has 0 aromatic carbocycles. The van der Waals surface area contributed by atoms with Crippen molar-refractivity contribution in [2.45, 2.75) is 37.8 Å². The largest absolute Gasteiger partial charge is 0.365 e. The second-order valence-corrected chi connectivity index (χ2v) is 5.03. The minimum Gasteiger partial charge on any atom is -0.365 e. The standard InChI is InChI=1S/C13H18FN3/c14-12-4-1-6-15-13(12)16-10-5-8-17-7-2-3-11(17)9-10/h1,4,6,10-11H,2-3,5,7-9H2,(H,15,16)/t10-,11-/m0/s1. The van der Waals surface area contributed by atoms with Gasteiger partial charge in [0, 0.05) is 24.8 Å². The van der Waals surface area contributed by atoms with Crippen LogP contribution in [0.15, 0.2) is 18.3 Å². The van der Waals surface area contributed by atoms with Crippen LogP contribution in [0.4, 0.5) is 10.2 Å². The Bertz CT molecular complexity index is 396. The maximum atomic E-state index is 13.5. The van der Waals surface area contributed by atoms with Gasteiger partial charge in [0.25, 0.3) is 0 Å². The maximum absolute atomic E-state index is 13.5. The molecule has 3 rings (SSSR count). The molecule has 3 nitrogen and oxygen atoms in total. The van der Waals surface area contributed by atoms with Crippen LogP contribution >= 0.6 is 0 Å². The first-order chi connectivity index (χ1) is 8.33. The van der Waals surface area contributed by atoms with E-state index in [1.165, 1.54) is 25.5 Å². The van der Waals surface area contributed by atoms with Gasteiger partial charge in [0.1, 0.15) is 0 Å². The molecule has 3 heterocycles. The Balaban J connectivity index is 1.64. The maximum Gasteiger partial charge on any atom is 0.165 e. The third kappa shape index (κ3) is 2.27. The van der Waals surface area contributed by atoms with Gasteiger partial charge in [-0.1, -0.05) is 0 Å². The number of rotatable bonds is 2. The van der Waals surface area contributed by atoms with E-state index in [1.54, 1.807) is 12.3 Å². The predicted octanol–water partition coefficient (Wildman–Crippen LogP) is 2.26. The quantitative estimate of drug-likeness (QED) is 0.852. The van der Waals surface area contributed by atoms with E-state index < -0.39 is 0 Å². The molecule has 17 heavy (non-hydrogen) atoms. The van der Waals surface area contributed by atoms with Gasteiger partial charge in [0.05, 0.1) is 0 Å². The molecule has 4 heteroatoms. The van der Waals surface area contributed by atoms with Crippen LogP contribution in [0.2, 0.25) is 0 Å². The molecular formula is C13H18FN3. The molecule has 0 aliphatic carbocycles. The van der Waals surface area contributed by atoms with E-state index in [2.05, 4.69) is 15.2 Å². The Morgan fingerprint density at radius 1 is 1.35 bits per heavy atom. The number of nitrogens with one attached hydrogen (secondary N) is 1. The molecule has 0 radical (unpaired) electrons. The van der Waals surface area contributed by atoms with Crippen LogP contribution < -0.4 is 5.32 Å². The summed E-state index contributed by atoms with van der Waals surface area (Å²) in [5.74, 6) is 0.158. The fraction of sp³-hybridized carbons (Fsp3) is 0.615. The minimum atomic E-state index is -0.249. The molecule has 1 aromatic rings. The van der Waals surface area contributed by atoms with Crippen LogP contribution in [0.5, 0.6) is 0 Å². The number of halogens is 1. The summed E-state index contributed by atoms with van der Waals surface area (Å²) in [4.78, 5) is 6.62. The average Bonchev–Trinajstić information content (AvgIpc) is 2.79. The van der Waals surface area contributed by atoms with E-state index >= 15 is 0 Å². The normalized spacial score (nSPS) is 29.0. The number of anilines is 1. The van der Waals surface area contributed by atoms with E-state index in [0.29, 0.717) is 17.9 Å². The van der Waals surface area contributed by atoms with Crippen LogP contribution in [-0.4, -0.2) is 35.1 Å². The van der Waals surface area contributed by atoms with Crippen LogP contribution in [0.25, 0.3) is 0 Å². The topological polar surface area (TPSA) is 28.2 Å². The minimum absolute atomic E-state index is 0.249. The number of hydrogen-bond acceptors (Lipinski definition) is 3. The molecule has 0 unspecified atom stereocenters. The first-order valence-electron chi connectivity index (χ1n) is 6.44. The van der Waals surface area contributed by atoms with Gasteiger partial charge in [-0.25, -0.2) is 9.37 Å². The number of pyridine rings is 1. The van der Waals surface area contributed by atoms with Crippen LogP contribution in [0.1, 0.15) is 25.7 Å². The first-order valence-corrected chi connectivity index (χ1v) is 6.44. The Morgan fingerprint density at radius 3 is 3.18 bits per heavy atom. The zero-order valence-electron chi connectivity index (χ0n) is 9.90. The number of piperidine rings is 1. The predicted molar refractivity (Wildman–Crippen MR) is 65.4 cm³/mol. The lowest BCUT2D eigenvalue weighted by atomic mass is 9.97. The van der Waals surface area contributed by atoms with Crippen LogP contribution in [0, 0.1) is 5.82 Å². The Labute approximate surface area is 101 Å². The van der Waals surface area contributed by atoms with Gasteiger partial charge < -0.3 is 10.2 Å². The molecule has 0 spiro atoms. The summed E-state index contributed by atoms with van der Waals surface area (Å²) < 4.78 is 13.5. The summed E-state index contributed by atoms with van der Waals surface area (Å²) in [7, 11) is 0. The Morgan fingerprint density at radius 2 is 2.29 bits per heavy atom. The van der Waals surface area contributed by atoms with Crippen molar-refractivity contribution in [3.63, 3.8) is 0 Å². The van der Waals surface area contributed by atoms with Gasteiger partial charge in [0.15, 0.2) is 11.6 Å². The van der Waals surface area contributed by atoms with Gasteiger partial charge >= 0.3 is 0 Å². The van der Waals surface area contributed by atoms with E-state index in [0.717, 1.165) is 19.4 Å². The molecule has 92 valence electrons. The third-order valence-corrected chi connectivity index (χ3v) is 3.92.